The van der Waals surface area contributed by atoms with Crippen molar-refractivity contribution in [2.45, 2.75) is 26.2 Å². The normalized spacial score (nSPS) is 14.6. The molecule has 0 saturated heterocycles. The Morgan fingerprint density at radius 2 is 2.20 bits per heavy atom. The maximum absolute atomic E-state index is 5.69. The largest absolute Gasteiger partial charge is 0.493 e. The first-order valence-electron chi connectivity index (χ1n) is 5.31. The van der Waals surface area contributed by atoms with Crippen LogP contribution in [0.3, 0.4) is 0 Å². The van der Waals surface area contributed by atoms with Crippen molar-refractivity contribution in [1.29, 1.82) is 0 Å². The Morgan fingerprint density at radius 1 is 1.33 bits per heavy atom. The second-order valence-electron chi connectivity index (χ2n) is 4.19. The van der Waals surface area contributed by atoms with Gasteiger partial charge in [-0.25, -0.2) is 4.98 Å². The monoisotopic (exact) mass is 203 g/mol. The highest BCUT2D eigenvalue weighted by Gasteiger charge is 2.19. The summed E-state index contributed by atoms with van der Waals surface area (Å²) < 4.78 is 11.2. The van der Waals surface area contributed by atoms with E-state index in [4.69, 9.17) is 9.15 Å². The lowest BCUT2D eigenvalue weighted by atomic mass is 10.1. The number of hydrogen-bond acceptors (Lipinski definition) is 3. The van der Waals surface area contributed by atoms with Gasteiger partial charge in [0, 0.05) is 17.9 Å². The minimum Gasteiger partial charge on any atom is -0.493 e. The Labute approximate surface area is 88.1 Å². The van der Waals surface area contributed by atoms with Crippen LogP contribution in [-0.2, 0) is 6.42 Å². The fraction of sp³-hybridized carbons (Fsp3) is 0.417. The SMILES string of the molecule is CC(C)c1nc2c3c(ccc2o1)OCC3. The van der Waals surface area contributed by atoms with Gasteiger partial charge in [-0.2, -0.15) is 0 Å². The van der Waals surface area contributed by atoms with Crippen LogP contribution in [0.5, 0.6) is 5.75 Å². The van der Waals surface area contributed by atoms with Crippen molar-refractivity contribution >= 4 is 11.1 Å². The molecular formula is C12H13NO2. The third-order valence-corrected chi connectivity index (χ3v) is 2.74. The summed E-state index contributed by atoms with van der Waals surface area (Å²) in [5, 5.41) is 0. The molecule has 15 heavy (non-hydrogen) atoms. The molecule has 0 spiro atoms. The van der Waals surface area contributed by atoms with Crippen molar-refractivity contribution in [1.82, 2.24) is 4.98 Å². The average Bonchev–Trinajstić information content (AvgIpc) is 2.82. The van der Waals surface area contributed by atoms with Crippen LogP contribution in [0.25, 0.3) is 11.1 Å². The maximum Gasteiger partial charge on any atom is 0.198 e. The number of ether oxygens (including phenoxy) is 1. The zero-order valence-corrected chi connectivity index (χ0v) is 8.91. The van der Waals surface area contributed by atoms with Crippen LogP contribution in [0.2, 0.25) is 0 Å². The van der Waals surface area contributed by atoms with Gasteiger partial charge in [0.1, 0.15) is 11.3 Å². The molecule has 1 aromatic carbocycles. The molecular weight excluding hydrogens is 190 g/mol. The number of rotatable bonds is 1. The third kappa shape index (κ3) is 1.23. The number of nitrogens with zero attached hydrogens (tertiary/aromatic N) is 1. The highest BCUT2D eigenvalue weighted by Crippen LogP contribution is 2.33. The Bertz CT molecular complexity index is 514. The molecule has 2 heterocycles. The highest BCUT2D eigenvalue weighted by atomic mass is 16.5. The van der Waals surface area contributed by atoms with E-state index in [-0.39, 0.29) is 0 Å². The zero-order valence-electron chi connectivity index (χ0n) is 8.91. The van der Waals surface area contributed by atoms with Crippen molar-refractivity contribution < 1.29 is 9.15 Å². The molecule has 3 nitrogen and oxygen atoms in total. The van der Waals surface area contributed by atoms with Crippen LogP contribution in [0.15, 0.2) is 16.5 Å². The van der Waals surface area contributed by atoms with Gasteiger partial charge in [-0.3, -0.25) is 0 Å². The fourth-order valence-electron chi connectivity index (χ4n) is 1.93. The van der Waals surface area contributed by atoms with Crippen LogP contribution in [0.4, 0.5) is 0 Å². The van der Waals surface area contributed by atoms with E-state index < -0.39 is 0 Å². The van der Waals surface area contributed by atoms with Gasteiger partial charge in [0.2, 0.25) is 0 Å². The van der Waals surface area contributed by atoms with Crippen molar-refractivity contribution in [2.75, 3.05) is 6.61 Å². The Balaban J connectivity index is 2.27. The van der Waals surface area contributed by atoms with E-state index in [0.717, 1.165) is 35.8 Å². The Kier molecular flexibility index (Phi) is 1.75. The number of aromatic nitrogens is 1. The molecule has 1 aliphatic rings. The predicted molar refractivity (Wildman–Crippen MR) is 57.3 cm³/mol. The maximum atomic E-state index is 5.69. The van der Waals surface area contributed by atoms with Crippen molar-refractivity contribution in [3.63, 3.8) is 0 Å². The second-order valence-corrected chi connectivity index (χ2v) is 4.19. The topological polar surface area (TPSA) is 35.3 Å². The van der Waals surface area contributed by atoms with Crippen LogP contribution in [-0.4, -0.2) is 11.6 Å². The molecule has 0 aliphatic carbocycles. The van der Waals surface area contributed by atoms with E-state index in [1.165, 1.54) is 5.56 Å². The van der Waals surface area contributed by atoms with Crippen LogP contribution < -0.4 is 4.74 Å². The summed E-state index contributed by atoms with van der Waals surface area (Å²) >= 11 is 0. The lowest BCUT2D eigenvalue weighted by molar-refractivity contribution is 0.357. The Hall–Kier alpha value is -1.51. The lowest BCUT2D eigenvalue weighted by Gasteiger charge is -1.96. The van der Waals surface area contributed by atoms with E-state index in [9.17, 15) is 0 Å². The first-order valence-corrected chi connectivity index (χ1v) is 5.31. The Morgan fingerprint density at radius 3 is 3.00 bits per heavy atom. The van der Waals surface area contributed by atoms with E-state index in [1.807, 2.05) is 12.1 Å². The molecule has 0 unspecified atom stereocenters. The predicted octanol–water partition coefficient (Wildman–Crippen LogP) is 2.89. The summed E-state index contributed by atoms with van der Waals surface area (Å²) in [7, 11) is 0. The molecule has 3 rings (SSSR count). The number of hydrogen-bond donors (Lipinski definition) is 0. The molecule has 0 bridgehead atoms. The minimum atomic E-state index is 0.329. The molecule has 0 radical (unpaired) electrons. The van der Waals surface area contributed by atoms with Gasteiger partial charge in [-0.1, -0.05) is 13.8 Å². The van der Waals surface area contributed by atoms with Gasteiger partial charge in [0.25, 0.3) is 0 Å². The minimum absolute atomic E-state index is 0.329. The van der Waals surface area contributed by atoms with Gasteiger partial charge in [0.15, 0.2) is 11.5 Å². The summed E-state index contributed by atoms with van der Waals surface area (Å²) in [6.45, 7) is 4.93. The van der Waals surface area contributed by atoms with Gasteiger partial charge in [0.05, 0.1) is 6.61 Å². The smallest absolute Gasteiger partial charge is 0.198 e. The summed E-state index contributed by atoms with van der Waals surface area (Å²) in [6.07, 6.45) is 0.941. The number of fused-ring (bicyclic) bond motifs is 3. The average molecular weight is 203 g/mol. The molecule has 78 valence electrons. The van der Waals surface area contributed by atoms with E-state index >= 15 is 0 Å². The van der Waals surface area contributed by atoms with Gasteiger partial charge in [-0.15, -0.1) is 0 Å². The van der Waals surface area contributed by atoms with Crippen LogP contribution in [0, 0.1) is 0 Å². The summed E-state index contributed by atoms with van der Waals surface area (Å²) in [5.74, 6) is 2.10. The molecule has 2 aromatic rings. The summed E-state index contributed by atoms with van der Waals surface area (Å²) in [5.41, 5.74) is 3.06. The highest BCUT2D eigenvalue weighted by molar-refractivity contribution is 5.80. The van der Waals surface area contributed by atoms with Crippen molar-refractivity contribution in [3.05, 3.63) is 23.6 Å². The second kappa shape index (κ2) is 2.99. The summed E-state index contributed by atoms with van der Waals surface area (Å²) in [6, 6.07) is 3.92. The van der Waals surface area contributed by atoms with Gasteiger partial charge < -0.3 is 9.15 Å². The summed E-state index contributed by atoms with van der Waals surface area (Å²) in [4.78, 5) is 4.54. The van der Waals surface area contributed by atoms with Crippen LogP contribution >= 0.6 is 0 Å². The number of oxazole rings is 1. The standard InChI is InChI=1S/C12H13NO2/c1-7(2)12-13-11-8-5-6-14-9(8)3-4-10(11)15-12/h3-4,7H,5-6H2,1-2H3. The first kappa shape index (κ1) is 8.77. The van der Waals surface area contributed by atoms with Crippen LogP contribution in [0.1, 0.15) is 31.2 Å². The third-order valence-electron chi connectivity index (χ3n) is 2.74. The number of benzene rings is 1. The quantitative estimate of drug-likeness (QED) is 0.714. The van der Waals surface area contributed by atoms with Crippen molar-refractivity contribution in [2.24, 2.45) is 0 Å². The molecule has 1 aromatic heterocycles. The molecule has 0 saturated carbocycles. The zero-order chi connectivity index (χ0) is 10.4. The lowest BCUT2D eigenvalue weighted by Crippen LogP contribution is -1.87. The first-order chi connectivity index (χ1) is 7.25. The molecule has 0 amide bonds. The molecule has 0 atom stereocenters. The van der Waals surface area contributed by atoms with E-state index in [2.05, 4.69) is 18.8 Å². The van der Waals surface area contributed by atoms with E-state index in [0.29, 0.717) is 5.92 Å². The van der Waals surface area contributed by atoms with E-state index in [1.54, 1.807) is 0 Å². The molecule has 3 heteroatoms. The molecule has 0 fully saturated rings. The fourth-order valence-corrected chi connectivity index (χ4v) is 1.93. The van der Waals surface area contributed by atoms with Gasteiger partial charge >= 0.3 is 0 Å². The molecule has 1 aliphatic heterocycles. The molecule has 0 N–H and O–H groups in total. The van der Waals surface area contributed by atoms with Gasteiger partial charge in [-0.05, 0) is 12.1 Å². The van der Waals surface area contributed by atoms with Crippen molar-refractivity contribution in [3.8, 4) is 5.75 Å².